The highest BCUT2D eigenvalue weighted by Gasteiger charge is 2.15. The lowest BCUT2D eigenvalue weighted by Crippen LogP contribution is -2.13. The lowest BCUT2D eigenvalue weighted by Gasteiger charge is -2.09. The predicted molar refractivity (Wildman–Crippen MR) is 76.4 cm³/mol. The van der Waals surface area contributed by atoms with Crippen molar-refractivity contribution in [1.82, 2.24) is 4.98 Å². The minimum atomic E-state index is -1.03. The summed E-state index contributed by atoms with van der Waals surface area (Å²) in [5.41, 5.74) is 6.16. The molecule has 7 heteroatoms. The first-order valence-corrected chi connectivity index (χ1v) is 6.70. The third kappa shape index (κ3) is 3.05. The normalized spacial score (nSPS) is 10.5. The maximum absolute atomic E-state index is 13.8. The summed E-state index contributed by atoms with van der Waals surface area (Å²) in [5, 5.41) is 5.49. The van der Waals surface area contributed by atoms with Gasteiger partial charge in [0.25, 0.3) is 0 Å². The molecule has 2 aromatic rings. The lowest BCUT2D eigenvalue weighted by atomic mass is 10.2. The van der Waals surface area contributed by atoms with Crippen molar-refractivity contribution in [2.75, 3.05) is 5.32 Å². The first-order chi connectivity index (χ1) is 8.99. The van der Waals surface area contributed by atoms with Crippen molar-refractivity contribution in [2.45, 2.75) is 13.5 Å². The van der Waals surface area contributed by atoms with Crippen LogP contribution in [0.2, 0.25) is 0 Å². The van der Waals surface area contributed by atoms with Crippen molar-refractivity contribution < 1.29 is 8.78 Å². The molecule has 100 valence electrons. The van der Waals surface area contributed by atoms with Crippen LogP contribution >= 0.6 is 23.6 Å². The van der Waals surface area contributed by atoms with E-state index in [4.69, 9.17) is 5.73 Å². The van der Waals surface area contributed by atoms with Crippen LogP contribution in [0.25, 0.3) is 0 Å². The number of nitrogens with zero attached hydrogens (tertiary/aromatic N) is 1. The molecule has 0 unspecified atom stereocenters. The van der Waals surface area contributed by atoms with E-state index in [0.717, 1.165) is 10.7 Å². The van der Waals surface area contributed by atoms with Gasteiger partial charge in [-0.25, -0.2) is 13.8 Å². The zero-order valence-corrected chi connectivity index (χ0v) is 11.7. The number of nitrogens with one attached hydrogen (secondary N) is 1. The van der Waals surface area contributed by atoms with E-state index in [0.29, 0.717) is 6.54 Å². The Morgan fingerprint density at radius 2 is 2.16 bits per heavy atom. The van der Waals surface area contributed by atoms with Crippen LogP contribution in [-0.2, 0) is 6.54 Å². The van der Waals surface area contributed by atoms with Crippen molar-refractivity contribution in [3.8, 4) is 0 Å². The minimum Gasteiger partial charge on any atom is -0.389 e. The fourth-order valence-electron chi connectivity index (χ4n) is 1.53. The molecular weight excluding hydrogens is 288 g/mol. The molecule has 0 aliphatic heterocycles. The van der Waals surface area contributed by atoms with Crippen LogP contribution in [0.4, 0.5) is 14.5 Å². The number of halogens is 2. The summed E-state index contributed by atoms with van der Waals surface area (Å²) < 4.78 is 27.4. The number of thiocarbonyl (C=S) groups is 1. The lowest BCUT2D eigenvalue weighted by molar-refractivity contribution is 0.509. The first-order valence-electron chi connectivity index (χ1n) is 5.41. The van der Waals surface area contributed by atoms with Gasteiger partial charge in [0.15, 0.2) is 11.6 Å². The van der Waals surface area contributed by atoms with Gasteiger partial charge in [0.2, 0.25) is 0 Å². The second kappa shape index (κ2) is 5.58. The summed E-state index contributed by atoms with van der Waals surface area (Å²) in [6, 6.07) is 2.77. The van der Waals surface area contributed by atoms with Gasteiger partial charge in [-0.2, -0.15) is 0 Å². The van der Waals surface area contributed by atoms with Gasteiger partial charge in [0.1, 0.15) is 10.00 Å². The Labute approximate surface area is 118 Å². The largest absolute Gasteiger partial charge is 0.389 e. The Kier molecular flexibility index (Phi) is 4.06. The first kappa shape index (κ1) is 13.8. The van der Waals surface area contributed by atoms with Crippen molar-refractivity contribution in [2.24, 2.45) is 5.73 Å². The average molecular weight is 299 g/mol. The van der Waals surface area contributed by atoms with Gasteiger partial charge in [0, 0.05) is 16.6 Å². The fourth-order valence-corrected chi connectivity index (χ4v) is 2.40. The highest BCUT2D eigenvalue weighted by atomic mass is 32.1. The van der Waals surface area contributed by atoms with Gasteiger partial charge < -0.3 is 11.1 Å². The summed E-state index contributed by atoms with van der Waals surface area (Å²) >= 11 is 6.10. The SMILES string of the molecule is Cc1csc(CNc2ccc(C(N)=S)c(F)c2F)n1. The standard InChI is InChI=1S/C12H11F2N3S2/c1-6-5-19-9(17-6)4-16-8-3-2-7(12(15)18)10(13)11(8)14/h2-3,5,16H,4H2,1H3,(H2,15,18). The van der Waals surface area contributed by atoms with Gasteiger partial charge in [-0.1, -0.05) is 12.2 Å². The van der Waals surface area contributed by atoms with Crippen LogP contribution in [-0.4, -0.2) is 9.97 Å². The highest BCUT2D eigenvalue weighted by molar-refractivity contribution is 7.80. The molecule has 0 saturated heterocycles. The molecule has 0 atom stereocenters. The molecule has 2 rings (SSSR count). The molecule has 1 heterocycles. The molecule has 3 N–H and O–H groups in total. The van der Waals surface area contributed by atoms with Crippen LogP contribution in [0.1, 0.15) is 16.3 Å². The molecule has 3 nitrogen and oxygen atoms in total. The average Bonchev–Trinajstić information content (AvgIpc) is 2.76. The molecule has 0 fully saturated rings. The molecule has 0 spiro atoms. The van der Waals surface area contributed by atoms with Crippen LogP contribution < -0.4 is 11.1 Å². The smallest absolute Gasteiger partial charge is 0.182 e. The van der Waals surface area contributed by atoms with Gasteiger partial charge in [-0.05, 0) is 19.1 Å². The third-order valence-corrected chi connectivity index (χ3v) is 3.63. The number of aryl methyl sites for hydroxylation is 1. The van der Waals surface area contributed by atoms with E-state index < -0.39 is 11.6 Å². The second-order valence-corrected chi connectivity index (χ2v) is 5.27. The second-order valence-electron chi connectivity index (χ2n) is 3.89. The topological polar surface area (TPSA) is 50.9 Å². The van der Waals surface area contributed by atoms with Crippen LogP contribution in [0.15, 0.2) is 17.5 Å². The Bertz CT molecular complexity index is 625. The monoisotopic (exact) mass is 299 g/mol. The number of benzene rings is 1. The molecule has 19 heavy (non-hydrogen) atoms. The number of anilines is 1. The van der Waals surface area contributed by atoms with E-state index in [1.165, 1.54) is 23.5 Å². The zero-order valence-electron chi connectivity index (χ0n) is 10.0. The number of aromatic nitrogens is 1. The van der Waals surface area contributed by atoms with Crippen LogP contribution in [0.3, 0.4) is 0 Å². The van der Waals surface area contributed by atoms with Crippen molar-refractivity contribution in [3.63, 3.8) is 0 Å². The van der Waals surface area contributed by atoms with E-state index in [-0.39, 0.29) is 16.2 Å². The van der Waals surface area contributed by atoms with E-state index in [1.807, 2.05) is 12.3 Å². The number of nitrogens with two attached hydrogens (primary N) is 1. The minimum absolute atomic E-state index is 0.0605. The number of hydrogen-bond donors (Lipinski definition) is 2. The number of rotatable bonds is 4. The predicted octanol–water partition coefficient (Wildman–Crippen LogP) is 2.98. The summed E-state index contributed by atoms with van der Waals surface area (Å²) in [6.45, 7) is 2.21. The van der Waals surface area contributed by atoms with Crippen molar-refractivity contribution in [1.29, 1.82) is 0 Å². The van der Waals surface area contributed by atoms with Crippen LogP contribution in [0, 0.1) is 18.6 Å². The summed E-state index contributed by atoms with van der Waals surface area (Å²) in [7, 11) is 0. The maximum Gasteiger partial charge on any atom is 0.182 e. The Hall–Kier alpha value is -1.60. The molecule has 0 aliphatic carbocycles. The Morgan fingerprint density at radius 3 is 2.74 bits per heavy atom. The van der Waals surface area contributed by atoms with E-state index >= 15 is 0 Å². The molecule has 1 aromatic heterocycles. The molecule has 0 aliphatic rings. The molecule has 0 radical (unpaired) electrons. The van der Waals surface area contributed by atoms with Crippen LogP contribution in [0.5, 0.6) is 0 Å². The molecule has 0 saturated carbocycles. The van der Waals surface area contributed by atoms with Gasteiger partial charge in [0.05, 0.1) is 12.2 Å². The van der Waals surface area contributed by atoms with Gasteiger partial charge in [-0.3, -0.25) is 0 Å². The maximum atomic E-state index is 13.8. The third-order valence-electron chi connectivity index (χ3n) is 2.44. The summed E-state index contributed by atoms with van der Waals surface area (Å²) in [4.78, 5) is 4.05. The highest BCUT2D eigenvalue weighted by Crippen LogP contribution is 2.21. The summed E-state index contributed by atoms with van der Waals surface area (Å²) in [6.07, 6.45) is 0. The Balaban J connectivity index is 2.17. The van der Waals surface area contributed by atoms with E-state index in [9.17, 15) is 8.78 Å². The molecule has 0 bridgehead atoms. The van der Waals surface area contributed by atoms with Crippen molar-refractivity contribution in [3.05, 3.63) is 45.4 Å². The molecule has 0 amide bonds. The zero-order chi connectivity index (χ0) is 14.0. The van der Waals surface area contributed by atoms with Crippen molar-refractivity contribution >= 4 is 34.2 Å². The fraction of sp³-hybridized carbons (Fsp3) is 0.167. The van der Waals surface area contributed by atoms with Gasteiger partial charge >= 0.3 is 0 Å². The number of hydrogen-bond acceptors (Lipinski definition) is 4. The molecular formula is C12H11F2N3S2. The molecule has 1 aromatic carbocycles. The van der Waals surface area contributed by atoms with Gasteiger partial charge in [-0.15, -0.1) is 11.3 Å². The quantitative estimate of drug-likeness (QED) is 0.852. The van der Waals surface area contributed by atoms with E-state index in [2.05, 4.69) is 22.5 Å². The van der Waals surface area contributed by atoms with E-state index in [1.54, 1.807) is 0 Å². The summed E-state index contributed by atoms with van der Waals surface area (Å²) in [5.74, 6) is -2.02. The Morgan fingerprint density at radius 1 is 1.42 bits per heavy atom. The number of thiazole rings is 1.